The van der Waals surface area contributed by atoms with Gasteiger partial charge in [-0.15, -0.1) is 0 Å². The Morgan fingerprint density at radius 3 is 2.88 bits per heavy atom. The lowest BCUT2D eigenvalue weighted by Crippen LogP contribution is -2.09. The first kappa shape index (κ1) is 11.3. The van der Waals surface area contributed by atoms with E-state index in [1.54, 1.807) is 6.07 Å². The second-order valence-corrected chi connectivity index (χ2v) is 3.25. The molecule has 0 bridgehead atoms. The summed E-state index contributed by atoms with van der Waals surface area (Å²) in [5, 5.41) is 0. The monoisotopic (exact) mass is 234 g/mol. The number of aromatic nitrogens is 2. The number of benzene rings is 1. The molecule has 3 N–H and O–H groups in total. The van der Waals surface area contributed by atoms with Gasteiger partial charge in [-0.2, -0.15) is 0 Å². The Labute approximate surface area is 97.4 Å². The third kappa shape index (κ3) is 2.31. The van der Waals surface area contributed by atoms with E-state index in [9.17, 15) is 4.39 Å². The van der Waals surface area contributed by atoms with Crippen LogP contribution in [0, 0.1) is 5.82 Å². The zero-order chi connectivity index (χ0) is 12.3. The Bertz CT molecular complexity index is 533. The van der Waals surface area contributed by atoms with Gasteiger partial charge < -0.3 is 10.2 Å². The molecule has 0 radical (unpaired) electrons. The number of hydrogen-bond acceptors (Lipinski definition) is 5. The third-order valence-corrected chi connectivity index (χ3v) is 2.21. The van der Waals surface area contributed by atoms with E-state index in [0.29, 0.717) is 23.0 Å². The lowest BCUT2D eigenvalue weighted by molar-refractivity contribution is 0.415. The minimum Gasteiger partial charge on any atom is -0.496 e. The van der Waals surface area contributed by atoms with Crippen LogP contribution in [0.3, 0.4) is 0 Å². The maximum absolute atomic E-state index is 13.2. The predicted molar refractivity (Wildman–Crippen MR) is 61.8 cm³/mol. The second kappa shape index (κ2) is 4.75. The Morgan fingerprint density at radius 2 is 2.18 bits per heavy atom. The van der Waals surface area contributed by atoms with Crippen LogP contribution < -0.4 is 16.0 Å². The Morgan fingerprint density at radius 1 is 1.35 bits per heavy atom. The van der Waals surface area contributed by atoms with Crippen molar-refractivity contribution in [2.45, 2.75) is 0 Å². The quantitative estimate of drug-likeness (QED) is 0.623. The van der Waals surface area contributed by atoms with Crippen LogP contribution in [-0.2, 0) is 0 Å². The molecule has 1 heterocycles. The molecule has 0 atom stereocenters. The summed E-state index contributed by atoms with van der Waals surface area (Å²) >= 11 is 0. The molecule has 0 aliphatic rings. The number of nitrogens with one attached hydrogen (secondary N) is 1. The smallest absolute Gasteiger partial charge is 0.165 e. The molecule has 17 heavy (non-hydrogen) atoms. The third-order valence-electron chi connectivity index (χ3n) is 2.21. The van der Waals surface area contributed by atoms with Gasteiger partial charge in [0.2, 0.25) is 0 Å². The Balaban J connectivity index is 2.54. The van der Waals surface area contributed by atoms with E-state index in [2.05, 4.69) is 15.4 Å². The van der Waals surface area contributed by atoms with Crippen molar-refractivity contribution in [3.05, 3.63) is 36.3 Å². The summed E-state index contributed by atoms with van der Waals surface area (Å²) < 4.78 is 18.3. The average molecular weight is 234 g/mol. The van der Waals surface area contributed by atoms with Crippen LogP contribution in [0.15, 0.2) is 30.5 Å². The summed E-state index contributed by atoms with van der Waals surface area (Å²) in [6, 6.07) is 5.76. The lowest BCUT2D eigenvalue weighted by Gasteiger charge is -2.08. The fourth-order valence-corrected chi connectivity index (χ4v) is 1.42. The molecule has 0 saturated carbocycles. The molecule has 0 unspecified atom stereocenters. The molecule has 5 nitrogen and oxygen atoms in total. The number of hydrogen-bond donors (Lipinski definition) is 2. The summed E-state index contributed by atoms with van der Waals surface area (Å²) in [6.45, 7) is 0. The number of rotatable bonds is 3. The summed E-state index contributed by atoms with van der Waals surface area (Å²) in [4.78, 5) is 8.17. The molecule has 0 aliphatic heterocycles. The van der Waals surface area contributed by atoms with Gasteiger partial charge in [0, 0.05) is 12.3 Å². The maximum Gasteiger partial charge on any atom is 0.165 e. The van der Waals surface area contributed by atoms with E-state index in [1.165, 1.54) is 31.5 Å². The predicted octanol–water partition coefficient (Wildman–Crippen LogP) is 1.58. The molecule has 2 aromatic rings. The van der Waals surface area contributed by atoms with Gasteiger partial charge in [-0.3, -0.25) is 0 Å². The fraction of sp³-hybridized carbons (Fsp3) is 0.0909. The minimum atomic E-state index is -0.379. The summed E-state index contributed by atoms with van der Waals surface area (Å²) in [5.41, 5.74) is 2.88. The van der Waals surface area contributed by atoms with Crippen molar-refractivity contribution in [1.29, 1.82) is 0 Å². The van der Waals surface area contributed by atoms with Crippen molar-refractivity contribution < 1.29 is 9.13 Å². The number of halogens is 1. The molecule has 6 heteroatoms. The number of nitrogen functional groups attached to an aromatic ring is 1. The zero-order valence-corrected chi connectivity index (χ0v) is 9.14. The topological polar surface area (TPSA) is 73.1 Å². The molecule has 1 aromatic carbocycles. The van der Waals surface area contributed by atoms with Gasteiger partial charge in [0.25, 0.3) is 0 Å². The molecule has 0 spiro atoms. The highest BCUT2D eigenvalue weighted by Crippen LogP contribution is 2.28. The highest BCUT2D eigenvalue weighted by atomic mass is 19.1. The van der Waals surface area contributed by atoms with E-state index in [4.69, 9.17) is 10.6 Å². The molecule has 0 amide bonds. The van der Waals surface area contributed by atoms with Crippen molar-refractivity contribution in [2.24, 2.45) is 5.84 Å². The van der Waals surface area contributed by atoms with Gasteiger partial charge in [-0.05, 0) is 18.2 Å². The number of anilines is 1. The van der Waals surface area contributed by atoms with Crippen LogP contribution in [0.4, 0.5) is 10.2 Å². The van der Waals surface area contributed by atoms with Crippen LogP contribution in [0.1, 0.15) is 0 Å². The molecule has 1 aromatic heterocycles. The standard InChI is InChI=1S/C11H11FN4O/c1-17-9-3-2-7(12)6-8(9)11-14-5-4-10(15-11)16-13/h2-6H,13H2,1H3,(H,14,15,16). The Hall–Kier alpha value is -2.21. The number of ether oxygens (including phenoxy) is 1. The first-order valence-corrected chi connectivity index (χ1v) is 4.88. The summed E-state index contributed by atoms with van der Waals surface area (Å²) in [7, 11) is 1.50. The largest absolute Gasteiger partial charge is 0.496 e. The number of nitrogens with two attached hydrogens (primary N) is 1. The van der Waals surface area contributed by atoms with Crippen LogP contribution in [-0.4, -0.2) is 17.1 Å². The normalized spacial score (nSPS) is 10.1. The van der Waals surface area contributed by atoms with Crippen molar-refractivity contribution in [3.8, 4) is 17.1 Å². The molecular weight excluding hydrogens is 223 g/mol. The van der Waals surface area contributed by atoms with Crippen molar-refractivity contribution in [2.75, 3.05) is 12.5 Å². The maximum atomic E-state index is 13.2. The van der Waals surface area contributed by atoms with Crippen molar-refractivity contribution in [3.63, 3.8) is 0 Å². The molecule has 0 aliphatic carbocycles. The molecular formula is C11H11FN4O. The minimum absolute atomic E-state index is 0.344. The number of methoxy groups -OCH3 is 1. The molecule has 0 fully saturated rings. The van der Waals surface area contributed by atoms with Gasteiger partial charge in [-0.1, -0.05) is 0 Å². The van der Waals surface area contributed by atoms with Crippen LogP contribution in [0.25, 0.3) is 11.4 Å². The highest BCUT2D eigenvalue weighted by molar-refractivity contribution is 5.65. The van der Waals surface area contributed by atoms with Gasteiger partial charge in [0.05, 0.1) is 12.7 Å². The Kier molecular flexibility index (Phi) is 3.15. The number of hydrazine groups is 1. The van der Waals surface area contributed by atoms with E-state index in [-0.39, 0.29) is 5.82 Å². The number of nitrogens with zero attached hydrogens (tertiary/aromatic N) is 2. The molecule has 88 valence electrons. The average Bonchev–Trinajstić information content (AvgIpc) is 2.39. The summed E-state index contributed by atoms with van der Waals surface area (Å²) in [5.74, 6) is 6.16. The lowest BCUT2D eigenvalue weighted by atomic mass is 10.2. The van der Waals surface area contributed by atoms with Crippen LogP contribution in [0.2, 0.25) is 0 Å². The van der Waals surface area contributed by atoms with Crippen molar-refractivity contribution >= 4 is 5.82 Å². The van der Waals surface area contributed by atoms with Gasteiger partial charge in [-0.25, -0.2) is 20.2 Å². The molecule has 2 rings (SSSR count). The van der Waals surface area contributed by atoms with E-state index < -0.39 is 0 Å². The SMILES string of the molecule is COc1ccc(F)cc1-c1nccc(NN)n1. The summed E-state index contributed by atoms with van der Waals surface area (Å²) in [6.07, 6.45) is 1.53. The van der Waals surface area contributed by atoms with E-state index in [0.717, 1.165) is 0 Å². The van der Waals surface area contributed by atoms with Crippen LogP contribution in [0.5, 0.6) is 5.75 Å². The zero-order valence-electron chi connectivity index (χ0n) is 9.14. The fourth-order valence-electron chi connectivity index (χ4n) is 1.42. The second-order valence-electron chi connectivity index (χ2n) is 3.25. The van der Waals surface area contributed by atoms with E-state index >= 15 is 0 Å². The van der Waals surface area contributed by atoms with Gasteiger partial charge in [0.15, 0.2) is 5.82 Å². The van der Waals surface area contributed by atoms with E-state index in [1.807, 2.05) is 0 Å². The highest BCUT2D eigenvalue weighted by Gasteiger charge is 2.10. The van der Waals surface area contributed by atoms with Crippen molar-refractivity contribution in [1.82, 2.24) is 9.97 Å². The van der Waals surface area contributed by atoms with Gasteiger partial charge >= 0.3 is 0 Å². The molecule has 0 saturated heterocycles. The first-order valence-electron chi connectivity index (χ1n) is 4.88. The van der Waals surface area contributed by atoms with Crippen LogP contribution >= 0.6 is 0 Å². The van der Waals surface area contributed by atoms with Gasteiger partial charge in [0.1, 0.15) is 17.4 Å². The first-order chi connectivity index (χ1) is 8.24.